The van der Waals surface area contributed by atoms with Crippen LogP contribution in [0.5, 0.6) is 5.75 Å². The molecule has 12 nitrogen and oxygen atoms in total. The van der Waals surface area contributed by atoms with Crippen LogP contribution in [0.4, 0.5) is 10.9 Å². The first-order valence-electron chi connectivity index (χ1n) is 13.7. The number of hydrogen-bond donors (Lipinski definition) is 3. The lowest BCUT2D eigenvalue weighted by Crippen LogP contribution is -2.46. The van der Waals surface area contributed by atoms with Gasteiger partial charge in [0.25, 0.3) is 5.91 Å². The third-order valence-electron chi connectivity index (χ3n) is 7.06. The van der Waals surface area contributed by atoms with E-state index >= 15 is 0 Å². The molecule has 43 heavy (non-hydrogen) atoms. The lowest BCUT2D eigenvalue weighted by atomic mass is 10.0. The monoisotopic (exact) mass is 623 g/mol. The summed E-state index contributed by atoms with van der Waals surface area (Å²) in [5.41, 5.74) is 2.82. The van der Waals surface area contributed by atoms with E-state index in [0.29, 0.717) is 70.5 Å². The molecule has 14 heteroatoms. The number of aromatic nitrogens is 4. The Balaban J connectivity index is 1.28. The van der Waals surface area contributed by atoms with Gasteiger partial charge in [0.15, 0.2) is 5.13 Å². The molecule has 4 aromatic heterocycles. The fraction of sp³-hybridized carbons (Fsp3) is 0.345. The Morgan fingerprint density at radius 3 is 2.74 bits per heavy atom. The summed E-state index contributed by atoms with van der Waals surface area (Å²) in [5, 5.41) is 15.6. The van der Waals surface area contributed by atoms with E-state index in [1.165, 1.54) is 30.8 Å². The van der Waals surface area contributed by atoms with Crippen LogP contribution < -0.4 is 20.3 Å². The lowest BCUT2D eigenvalue weighted by Gasteiger charge is -2.31. The quantitative estimate of drug-likeness (QED) is 0.158. The van der Waals surface area contributed by atoms with Crippen molar-refractivity contribution in [3.63, 3.8) is 0 Å². The number of rotatable bonds is 11. The van der Waals surface area contributed by atoms with Crippen LogP contribution in [0.1, 0.15) is 48.2 Å². The van der Waals surface area contributed by atoms with Crippen molar-refractivity contribution in [3.8, 4) is 16.9 Å². The molecule has 1 aliphatic rings. The van der Waals surface area contributed by atoms with Crippen LogP contribution >= 0.6 is 22.9 Å². The average molecular weight is 624 g/mol. The fourth-order valence-corrected chi connectivity index (χ4v) is 5.92. The van der Waals surface area contributed by atoms with Crippen molar-refractivity contribution in [2.75, 3.05) is 30.4 Å². The number of hydrogen-bond acceptors (Lipinski definition) is 10. The van der Waals surface area contributed by atoms with Gasteiger partial charge in [-0.15, -0.1) is 0 Å². The molecule has 1 atom stereocenters. The van der Waals surface area contributed by atoms with Crippen LogP contribution in [0.15, 0.2) is 36.8 Å². The zero-order valence-corrected chi connectivity index (χ0v) is 25.2. The number of piperidine rings is 1. The number of ether oxygens (including phenoxy) is 1. The SMILES string of the molecule is COc1cnc(Cl)cc1-c1cc(C)ncc1C(=O)Nc1nc2cnc(N3CCC(NCCCCC(=O)O)CC3=O)cc2s1. The molecule has 3 N–H and O–H groups in total. The predicted octanol–water partition coefficient (Wildman–Crippen LogP) is 4.71. The van der Waals surface area contributed by atoms with E-state index in [9.17, 15) is 14.4 Å². The molecule has 1 fully saturated rings. The van der Waals surface area contributed by atoms with Crippen LogP contribution in [-0.4, -0.2) is 69.1 Å². The highest BCUT2D eigenvalue weighted by Crippen LogP contribution is 2.35. The third-order valence-corrected chi connectivity index (χ3v) is 8.20. The van der Waals surface area contributed by atoms with E-state index in [1.807, 2.05) is 13.0 Å². The van der Waals surface area contributed by atoms with Gasteiger partial charge in [0.2, 0.25) is 5.91 Å². The molecule has 1 aliphatic heterocycles. The Kier molecular flexibility index (Phi) is 9.43. The first kappa shape index (κ1) is 30.3. The van der Waals surface area contributed by atoms with E-state index in [2.05, 4.69) is 30.6 Å². The highest BCUT2D eigenvalue weighted by Gasteiger charge is 2.28. The Hall–Kier alpha value is -4.20. The summed E-state index contributed by atoms with van der Waals surface area (Å²) in [7, 11) is 1.52. The molecule has 0 aromatic carbocycles. The summed E-state index contributed by atoms with van der Waals surface area (Å²) in [6, 6.07) is 5.28. The van der Waals surface area contributed by atoms with Gasteiger partial charge in [-0.25, -0.2) is 15.0 Å². The van der Waals surface area contributed by atoms with Gasteiger partial charge >= 0.3 is 5.97 Å². The standard InChI is InChI=1S/C29H30ClN7O5S/c1-16-9-18(19-11-24(30)33-15-22(19)42-2)20(13-32-16)28(41)36-29-35-21-14-34-25(12-23(21)43-29)37-8-6-17(10-26(37)38)31-7-4-3-5-27(39)40/h9,11-15,17,31H,3-8,10H2,1-2H3,(H,39,40)(H,35,36,41). The Morgan fingerprint density at radius 2 is 1.98 bits per heavy atom. The Bertz CT molecular complexity index is 1680. The van der Waals surface area contributed by atoms with Crippen molar-refractivity contribution >= 4 is 61.9 Å². The average Bonchev–Trinajstić information content (AvgIpc) is 3.38. The summed E-state index contributed by atoms with van der Waals surface area (Å²) in [6.45, 7) is 3.01. The molecule has 4 aromatic rings. The summed E-state index contributed by atoms with van der Waals surface area (Å²) >= 11 is 7.44. The number of anilines is 2. The lowest BCUT2D eigenvalue weighted by molar-refractivity contribution is -0.137. The van der Waals surface area contributed by atoms with Crippen molar-refractivity contribution in [2.45, 2.75) is 45.1 Å². The maximum Gasteiger partial charge on any atom is 0.303 e. The smallest absolute Gasteiger partial charge is 0.303 e. The van der Waals surface area contributed by atoms with E-state index in [-0.39, 0.29) is 23.5 Å². The molecule has 5 rings (SSSR count). The zero-order valence-electron chi connectivity index (χ0n) is 23.6. The van der Waals surface area contributed by atoms with Crippen molar-refractivity contribution in [1.82, 2.24) is 25.3 Å². The number of aryl methyl sites for hydroxylation is 1. The molecule has 1 saturated heterocycles. The molecule has 0 saturated carbocycles. The number of amides is 2. The number of carboxylic acid groups (broad SMARTS) is 1. The number of fused-ring (bicyclic) bond motifs is 1. The second-order valence-electron chi connectivity index (χ2n) is 10.1. The van der Waals surface area contributed by atoms with Crippen molar-refractivity contribution in [2.24, 2.45) is 0 Å². The molecule has 0 bridgehead atoms. The fourth-order valence-electron chi connectivity index (χ4n) is 4.90. The molecule has 224 valence electrons. The Labute approximate surface area is 256 Å². The van der Waals surface area contributed by atoms with Gasteiger partial charge in [-0.1, -0.05) is 22.9 Å². The molecule has 2 amide bonds. The van der Waals surface area contributed by atoms with Crippen molar-refractivity contribution < 1.29 is 24.2 Å². The predicted molar refractivity (Wildman–Crippen MR) is 164 cm³/mol. The van der Waals surface area contributed by atoms with Crippen LogP contribution in [0.25, 0.3) is 21.3 Å². The first-order valence-corrected chi connectivity index (χ1v) is 14.9. The highest BCUT2D eigenvalue weighted by atomic mass is 35.5. The van der Waals surface area contributed by atoms with Crippen LogP contribution in [0, 0.1) is 6.92 Å². The number of aliphatic carboxylic acids is 1. The van der Waals surface area contributed by atoms with Crippen molar-refractivity contribution in [1.29, 1.82) is 0 Å². The number of nitrogens with one attached hydrogen (secondary N) is 2. The topological polar surface area (TPSA) is 160 Å². The van der Waals surface area contributed by atoms with Crippen LogP contribution in [0.3, 0.4) is 0 Å². The van der Waals surface area contributed by atoms with Gasteiger partial charge in [0.1, 0.15) is 22.2 Å². The van der Waals surface area contributed by atoms with Gasteiger partial charge in [-0.05, 0) is 44.9 Å². The molecule has 0 aliphatic carbocycles. The first-order chi connectivity index (χ1) is 20.7. The second kappa shape index (κ2) is 13.4. The van der Waals surface area contributed by atoms with E-state index in [1.54, 1.807) is 23.2 Å². The number of carbonyl (C=O) groups is 3. The molecule has 5 heterocycles. The molecular weight excluding hydrogens is 594 g/mol. The normalized spacial score (nSPS) is 15.1. The minimum absolute atomic E-state index is 0.0368. The summed E-state index contributed by atoms with van der Waals surface area (Å²) < 4.78 is 6.23. The van der Waals surface area contributed by atoms with Crippen LogP contribution in [0.2, 0.25) is 5.15 Å². The molecular formula is C29H30ClN7O5S. The van der Waals surface area contributed by atoms with E-state index in [0.717, 1.165) is 17.5 Å². The highest BCUT2D eigenvalue weighted by molar-refractivity contribution is 7.22. The number of pyridine rings is 3. The molecule has 0 radical (unpaired) electrons. The van der Waals surface area contributed by atoms with Gasteiger partial charge < -0.3 is 15.2 Å². The van der Waals surface area contributed by atoms with Gasteiger partial charge in [0.05, 0.1) is 29.8 Å². The second-order valence-corrected chi connectivity index (χ2v) is 11.5. The minimum atomic E-state index is -0.797. The van der Waals surface area contributed by atoms with Gasteiger partial charge in [0, 0.05) is 54.5 Å². The third kappa shape index (κ3) is 7.24. The number of unbranched alkanes of at least 4 members (excludes halogenated alkanes) is 1. The van der Waals surface area contributed by atoms with E-state index < -0.39 is 11.9 Å². The zero-order chi connectivity index (χ0) is 30.5. The maximum absolute atomic E-state index is 13.4. The summed E-state index contributed by atoms with van der Waals surface area (Å²) in [5.74, 6) is -0.241. The Morgan fingerprint density at radius 1 is 1.14 bits per heavy atom. The van der Waals surface area contributed by atoms with Gasteiger partial charge in [-0.2, -0.15) is 0 Å². The summed E-state index contributed by atoms with van der Waals surface area (Å²) in [6.07, 6.45) is 7.20. The number of halogens is 1. The van der Waals surface area contributed by atoms with Crippen LogP contribution in [-0.2, 0) is 9.59 Å². The minimum Gasteiger partial charge on any atom is -0.494 e. The molecule has 0 spiro atoms. The molecule has 1 unspecified atom stereocenters. The van der Waals surface area contributed by atoms with Gasteiger partial charge in [-0.3, -0.25) is 29.6 Å². The number of methoxy groups -OCH3 is 1. The maximum atomic E-state index is 13.4. The summed E-state index contributed by atoms with van der Waals surface area (Å²) in [4.78, 5) is 56.1. The largest absolute Gasteiger partial charge is 0.494 e. The van der Waals surface area contributed by atoms with Crippen molar-refractivity contribution in [3.05, 3.63) is 53.2 Å². The van der Waals surface area contributed by atoms with E-state index in [4.69, 9.17) is 21.4 Å². The number of carboxylic acids is 1. The number of thiazole rings is 1. The number of nitrogens with zero attached hydrogens (tertiary/aromatic N) is 5. The number of carbonyl (C=O) groups excluding carboxylic acids is 2.